The first-order chi connectivity index (χ1) is 6.16. The first-order valence-corrected chi connectivity index (χ1v) is 4.94. The first kappa shape index (κ1) is 12.6. The summed E-state index contributed by atoms with van der Waals surface area (Å²) in [5.74, 6) is 0.315. The third-order valence-corrected chi connectivity index (χ3v) is 1.75. The Morgan fingerprint density at radius 1 is 1.46 bits per heavy atom. The largest absolute Gasteiger partial charge is 0.391 e. The molecule has 0 aromatic rings. The standard InChI is InChI=1S/C10H20O3/c1-3-10(12)6-4-5-7-13-8-9(2)11/h9,11H,3-8H2,1-2H3. The number of rotatable bonds is 8. The molecule has 0 aliphatic heterocycles. The van der Waals surface area contributed by atoms with Crippen LogP contribution in [0, 0.1) is 0 Å². The van der Waals surface area contributed by atoms with Crippen molar-refractivity contribution in [1.82, 2.24) is 0 Å². The minimum atomic E-state index is -0.391. The fourth-order valence-corrected chi connectivity index (χ4v) is 0.957. The van der Waals surface area contributed by atoms with E-state index in [0.29, 0.717) is 31.8 Å². The van der Waals surface area contributed by atoms with Crippen LogP contribution in [0.4, 0.5) is 0 Å². The van der Waals surface area contributed by atoms with Crippen molar-refractivity contribution in [2.45, 2.75) is 45.6 Å². The van der Waals surface area contributed by atoms with E-state index < -0.39 is 6.10 Å². The van der Waals surface area contributed by atoms with Crippen LogP contribution >= 0.6 is 0 Å². The molecule has 3 heteroatoms. The van der Waals surface area contributed by atoms with E-state index in [1.165, 1.54) is 0 Å². The third-order valence-electron chi connectivity index (χ3n) is 1.75. The molecule has 0 saturated carbocycles. The number of carbonyl (C=O) groups excluding carboxylic acids is 1. The normalized spacial score (nSPS) is 12.8. The maximum Gasteiger partial charge on any atom is 0.132 e. The van der Waals surface area contributed by atoms with Crippen molar-refractivity contribution in [2.75, 3.05) is 13.2 Å². The average molecular weight is 188 g/mol. The number of carbonyl (C=O) groups is 1. The van der Waals surface area contributed by atoms with Gasteiger partial charge in [-0.05, 0) is 19.8 Å². The Kier molecular flexibility index (Phi) is 7.94. The number of hydrogen-bond acceptors (Lipinski definition) is 3. The summed E-state index contributed by atoms with van der Waals surface area (Å²) >= 11 is 0. The second kappa shape index (κ2) is 8.20. The topological polar surface area (TPSA) is 46.5 Å². The van der Waals surface area contributed by atoms with Gasteiger partial charge in [-0.25, -0.2) is 0 Å². The van der Waals surface area contributed by atoms with Crippen molar-refractivity contribution in [1.29, 1.82) is 0 Å². The fourth-order valence-electron chi connectivity index (χ4n) is 0.957. The van der Waals surface area contributed by atoms with E-state index in [1.807, 2.05) is 6.92 Å². The highest BCUT2D eigenvalue weighted by Gasteiger charge is 1.98. The zero-order valence-electron chi connectivity index (χ0n) is 8.58. The second-order valence-corrected chi connectivity index (χ2v) is 3.27. The van der Waals surface area contributed by atoms with E-state index in [2.05, 4.69) is 0 Å². The van der Waals surface area contributed by atoms with E-state index in [9.17, 15) is 4.79 Å². The van der Waals surface area contributed by atoms with Crippen LogP contribution in [0.1, 0.15) is 39.5 Å². The molecule has 0 bridgehead atoms. The van der Waals surface area contributed by atoms with Crippen molar-refractivity contribution >= 4 is 5.78 Å². The molecule has 0 aliphatic rings. The predicted molar refractivity (Wildman–Crippen MR) is 51.6 cm³/mol. The average Bonchev–Trinajstić information content (AvgIpc) is 2.10. The smallest absolute Gasteiger partial charge is 0.132 e. The van der Waals surface area contributed by atoms with Crippen LogP contribution in [-0.4, -0.2) is 30.2 Å². The molecule has 0 aromatic heterocycles. The van der Waals surface area contributed by atoms with Gasteiger partial charge in [0.15, 0.2) is 0 Å². The Morgan fingerprint density at radius 2 is 2.15 bits per heavy atom. The van der Waals surface area contributed by atoms with E-state index in [0.717, 1.165) is 12.8 Å². The molecule has 0 saturated heterocycles. The molecule has 0 heterocycles. The monoisotopic (exact) mass is 188 g/mol. The van der Waals surface area contributed by atoms with Crippen LogP contribution in [0.25, 0.3) is 0 Å². The molecule has 0 aromatic carbocycles. The zero-order valence-corrected chi connectivity index (χ0v) is 8.58. The maximum absolute atomic E-state index is 10.9. The molecule has 0 radical (unpaired) electrons. The lowest BCUT2D eigenvalue weighted by molar-refractivity contribution is -0.118. The molecule has 0 amide bonds. The highest BCUT2D eigenvalue weighted by molar-refractivity contribution is 5.77. The van der Waals surface area contributed by atoms with E-state index >= 15 is 0 Å². The minimum absolute atomic E-state index is 0.315. The van der Waals surface area contributed by atoms with E-state index in [4.69, 9.17) is 9.84 Å². The van der Waals surface area contributed by atoms with Crippen LogP contribution in [0.5, 0.6) is 0 Å². The minimum Gasteiger partial charge on any atom is -0.391 e. The molecule has 1 N–H and O–H groups in total. The lowest BCUT2D eigenvalue weighted by Gasteiger charge is -2.05. The quantitative estimate of drug-likeness (QED) is 0.588. The summed E-state index contributed by atoms with van der Waals surface area (Å²) in [5.41, 5.74) is 0. The summed E-state index contributed by atoms with van der Waals surface area (Å²) in [6.07, 6.45) is 2.70. The molecule has 0 rings (SSSR count). The number of aliphatic hydroxyl groups excluding tert-OH is 1. The van der Waals surface area contributed by atoms with Gasteiger partial charge in [-0.15, -0.1) is 0 Å². The summed E-state index contributed by atoms with van der Waals surface area (Å²) < 4.78 is 5.15. The molecular formula is C10H20O3. The number of Topliss-reactive ketones (excluding diaryl/α,β-unsaturated/α-hetero) is 1. The summed E-state index contributed by atoms with van der Waals surface area (Å²) in [6.45, 7) is 4.61. The molecule has 0 spiro atoms. The van der Waals surface area contributed by atoms with Crippen LogP contribution < -0.4 is 0 Å². The van der Waals surface area contributed by atoms with Crippen LogP contribution in [0.2, 0.25) is 0 Å². The molecule has 1 unspecified atom stereocenters. The summed E-state index contributed by atoms with van der Waals surface area (Å²) in [7, 11) is 0. The molecule has 3 nitrogen and oxygen atoms in total. The second-order valence-electron chi connectivity index (χ2n) is 3.27. The Labute approximate surface area is 80.1 Å². The first-order valence-electron chi connectivity index (χ1n) is 4.94. The van der Waals surface area contributed by atoms with Gasteiger partial charge in [0, 0.05) is 19.4 Å². The molecule has 1 atom stereocenters. The van der Waals surface area contributed by atoms with Crippen LogP contribution in [0.15, 0.2) is 0 Å². The van der Waals surface area contributed by atoms with Gasteiger partial charge in [0.2, 0.25) is 0 Å². The van der Waals surface area contributed by atoms with E-state index in [-0.39, 0.29) is 0 Å². The number of hydrogen-bond donors (Lipinski definition) is 1. The van der Waals surface area contributed by atoms with Crippen molar-refractivity contribution in [3.8, 4) is 0 Å². The third kappa shape index (κ3) is 9.50. The number of ether oxygens (including phenoxy) is 1. The van der Waals surface area contributed by atoms with Gasteiger partial charge in [0.05, 0.1) is 12.7 Å². The van der Waals surface area contributed by atoms with Gasteiger partial charge in [-0.1, -0.05) is 6.92 Å². The van der Waals surface area contributed by atoms with Gasteiger partial charge in [0.1, 0.15) is 5.78 Å². The van der Waals surface area contributed by atoms with Gasteiger partial charge < -0.3 is 9.84 Å². The Bertz CT molecular complexity index is 132. The van der Waals surface area contributed by atoms with Crippen molar-refractivity contribution in [2.24, 2.45) is 0 Å². The lowest BCUT2D eigenvalue weighted by atomic mass is 10.1. The summed E-state index contributed by atoms with van der Waals surface area (Å²) in [5, 5.41) is 8.86. The zero-order chi connectivity index (χ0) is 10.1. The maximum atomic E-state index is 10.9. The van der Waals surface area contributed by atoms with Gasteiger partial charge in [-0.3, -0.25) is 4.79 Å². The Hall–Kier alpha value is -0.410. The van der Waals surface area contributed by atoms with Gasteiger partial charge in [0.25, 0.3) is 0 Å². The van der Waals surface area contributed by atoms with Crippen LogP contribution in [0.3, 0.4) is 0 Å². The summed E-state index contributed by atoms with van der Waals surface area (Å²) in [6, 6.07) is 0. The van der Waals surface area contributed by atoms with E-state index in [1.54, 1.807) is 6.92 Å². The molecule has 0 fully saturated rings. The lowest BCUT2D eigenvalue weighted by Crippen LogP contribution is -2.11. The molecular weight excluding hydrogens is 168 g/mol. The fraction of sp³-hybridized carbons (Fsp3) is 0.900. The Balaban J connectivity index is 3.04. The van der Waals surface area contributed by atoms with Crippen molar-refractivity contribution < 1.29 is 14.6 Å². The van der Waals surface area contributed by atoms with Crippen LogP contribution in [-0.2, 0) is 9.53 Å². The SMILES string of the molecule is CCC(=O)CCCCOCC(C)O. The van der Waals surface area contributed by atoms with Crippen molar-refractivity contribution in [3.63, 3.8) is 0 Å². The summed E-state index contributed by atoms with van der Waals surface area (Å²) in [4.78, 5) is 10.9. The highest BCUT2D eigenvalue weighted by Crippen LogP contribution is 1.99. The predicted octanol–water partition coefficient (Wildman–Crippen LogP) is 1.53. The molecule has 78 valence electrons. The highest BCUT2D eigenvalue weighted by atomic mass is 16.5. The number of aliphatic hydroxyl groups is 1. The molecule has 0 aliphatic carbocycles. The van der Waals surface area contributed by atoms with Crippen molar-refractivity contribution in [3.05, 3.63) is 0 Å². The molecule has 13 heavy (non-hydrogen) atoms. The number of unbranched alkanes of at least 4 members (excludes halogenated alkanes) is 1. The van der Waals surface area contributed by atoms with Gasteiger partial charge in [-0.2, -0.15) is 0 Å². The van der Waals surface area contributed by atoms with Gasteiger partial charge >= 0.3 is 0 Å². The Morgan fingerprint density at radius 3 is 2.69 bits per heavy atom. The number of ketones is 1.